The molecule has 0 unspecified atom stereocenters. The van der Waals surface area contributed by atoms with Crippen molar-refractivity contribution in [1.29, 1.82) is 0 Å². The Kier molecular flexibility index (Phi) is 1.67. The minimum atomic E-state index is -0.209. The van der Waals surface area contributed by atoms with Crippen molar-refractivity contribution in [1.82, 2.24) is 8.14 Å². The number of aromatic amines is 2. The monoisotopic (exact) mass is 188 g/mol. The van der Waals surface area contributed by atoms with E-state index in [-0.39, 0.29) is 5.82 Å². The van der Waals surface area contributed by atoms with Crippen LogP contribution in [0.3, 0.4) is 0 Å². The Morgan fingerprint density at radius 3 is 3.18 bits per heavy atom. The molecule has 1 aromatic carbocycles. The van der Waals surface area contributed by atoms with E-state index in [4.69, 9.17) is 0 Å². The van der Waals surface area contributed by atoms with E-state index in [0.717, 1.165) is 10.2 Å². The van der Waals surface area contributed by atoms with Crippen LogP contribution in [0.5, 0.6) is 0 Å². The van der Waals surface area contributed by atoms with E-state index >= 15 is 0 Å². The van der Waals surface area contributed by atoms with Gasteiger partial charge < -0.3 is 0 Å². The van der Waals surface area contributed by atoms with Gasteiger partial charge in [-0.15, -0.1) is 0 Å². The van der Waals surface area contributed by atoms with Crippen LogP contribution in [0, 0.1) is 5.82 Å². The van der Waals surface area contributed by atoms with Gasteiger partial charge in [-0.2, -0.15) is 0 Å². The maximum absolute atomic E-state index is 12.6. The number of nitrogens with one attached hydrogen (secondary N) is 2. The third-order valence-electron chi connectivity index (χ3n) is 1.30. The number of rotatable bonds is 0. The molecule has 0 fully saturated rings. The van der Waals surface area contributed by atoms with Crippen LogP contribution < -0.4 is 0 Å². The van der Waals surface area contributed by atoms with Crippen LogP contribution in [0.25, 0.3) is 10.2 Å². The fourth-order valence-electron chi connectivity index (χ4n) is 0.812. The van der Waals surface area contributed by atoms with Gasteiger partial charge in [0.05, 0.1) is 10.2 Å². The van der Waals surface area contributed by atoms with Gasteiger partial charge in [0.25, 0.3) is 0 Å². The van der Waals surface area contributed by atoms with Crippen molar-refractivity contribution < 1.29 is 4.39 Å². The predicted molar refractivity (Wildman–Crippen MR) is 46.0 cm³/mol. The van der Waals surface area contributed by atoms with Crippen LogP contribution >= 0.6 is 23.3 Å². The summed E-state index contributed by atoms with van der Waals surface area (Å²) < 4.78 is 19.5. The summed E-state index contributed by atoms with van der Waals surface area (Å²) >= 11 is 2.82. The van der Waals surface area contributed by atoms with E-state index in [0.29, 0.717) is 0 Å². The summed E-state index contributed by atoms with van der Waals surface area (Å²) in [6.45, 7) is 0. The van der Waals surface area contributed by atoms with Gasteiger partial charge in [-0.3, -0.25) is 8.14 Å². The highest BCUT2D eigenvalue weighted by Gasteiger charge is 1.93. The average molecular weight is 188 g/mol. The molecule has 2 aromatic rings. The highest BCUT2D eigenvalue weighted by molar-refractivity contribution is 7.20. The first-order chi connectivity index (χ1) is 5.36. The lowest BCUT2D eigenvalue weighted by molar-refractivity contribution is 0.629. The smallest absolute Gasteiger partial charge is 0.125 e. The normalized spacial score (nSPS) is 10.3. The van der Waals surface area contributed by atoms with Crippen molar-refractivity contribution in [2.45, 2.75) is 0 Å². The van der Waals surface area contributed by atoms with Gasteiger partial charge in [-0.05, 0) is 29.7 Å². The summed E-state index contributed by atoms with van der Waals surface area (Å²) in [5, 5.41) is 0. The molecule has 0 atom stereocenters. The average Bonchev–Trinajstić information content (AvgIpc) is 2.04. The van der Waals surface area contributed by atoms with Crippen LogP contribution in [0.1, 0.15) is 0 Å². The second-order valence-electron chi connectivity index (χ2n) is 2.03. The van der Waals surface area contributed by atoms with E-state index in [1.54, 1.807) is 6.07 Å². The van der Waals surface area contributed by atoms with Gasteiger partial charge in [0.1, 0.15) is 5.82 Å². The maximum Gasteiger partial charge on any atom is 0.125 e. The zero-order chi connectivity index (χ0) is 7.68. The second-order valence-corrected chi connectivity index (χ2v) is 3.75. The fourth-order valence-corrected chi connectivity index (χ4v) is 2.20. The molecule has 11 heavy (non-hydrogen) atoms. The van der Waals surface area contributed by atoms with E-state index in [1.165, 1.54) is 35.4 Å². The van der Waals surface area contributed by atoms with Crippen molar-refractivity contribution in [3.8, 4) is 0 Å². The van der Waals surface area contributed by atoms with Crippen LogP contribution in [0.2, 0.25) is 0 Å². The third-order valence-corrected chi connectivity index (χ3v) is 2.86. The summed E-state index contributed by atoms with van der Waals surface area (Å²) in [6.07, 6.45) is 0. The highest BCUT2D eigenvalue weighted by atomic mass is 32.2. The molecule has 0 saturated heterocycles. The number of benzene rings is 1. The Bertz CT molecular complexity index is 393. The lowest BCUT2D eigenvalue weighted by atomic mass is 10.3. The van der Waals surface area contributed by atoms with Crippen molar-refractivity contribution >= 4 is 33.5 Å². The van der Waals surface area contributed by atoms with Crippen LogP contribution in [-0.4, -0.2) is 8.14 Å². The summed E-state index contributed by atoms with van der Waals surface area (Å²) in [5.74, 6) is -0.209. The second kappa shape index (κ2) is 2.67. The van der Waals surface area contributed by atoms with E-state index < -0.39 is 0 Å². The van der Waals surface area contributed by atoms with Crippen LogP contribution in [0.15, 0.2) is 18.2 Å². The summed E-state index contributed by atoms with van der Waals surface area (Å²) in [7, 11) is 0. The minimum absolute atomic E-state index is 0.209. The Morgan fingerprint density at radius 1 is 1.36 bits per heavy atom. The number of H-pyrrole nitrogens is 2. The molecule has 58 valence electrons. The lowest BCUT2D eigenvalue weighted by Gasteiger charge is -1.94. The summed E-state index contributed by atoms with van der Waals surface area (Å²) in [4.78, 5) is 0. The molecule has 1 heterocycles. The molecule has 0 saturated carbocycles. The van der Waals surface area contributed by atoms with E-state index in [1.807, 2.05) is 0 Å². The standard InChI is InChI=1S/C6H5FN2S2/c7-4-1-2-6-5(3-4)8-11-9-10-6/h1-3,8-9H. The molecule has 2 N–H and O–H groups in total. The molecule has 0 amide bonds. The Balaban J connectivity index is 2.83. The summed E-state index contributed by atoms with van der Waals surface area (Å²) in [5.41, 5.74) is 0.832. The first-order valence-corrected chi connectivity index (χ1v) is 4.63. The SMILES string of the molecule is Fc1ccc2s[nH]s[nH]c2c1. The molecule has 0 radical (unpaired) electrons. The van der Waals surface area contributed by atoms with Gasteiger partial charge in [0.15, 0.2) is 0 Å². The van der Waals surface area contributed by atoms with Gasteiger partial charge in [0.2, 0.25) is 0 Å². The zero-order valence-corrected chi connectivity index (χ0v) is 7.06. The molecule has 1 aromatic heterocycles. The zero-order valence-electron chi connectivity index (χ0n) is 5.43. The minimum Gasteiger partial charge on any atom is -0.295 e. The molecule has 0 aliphatic carbocycles. The molecule has 0 bridgehead atoms. The first-order valence-electron chi connectivity index (χ1n) is 2.99. The maximum atomic E-state index is 12.6. The van der Waals surface area contributed by atoms with E-state index in [2.05, 4.69) is 8.14 Å². The quantitative estimate of drug-likeness (QED) is 0.637. The van der Waals surface area contributed by atoms with Crippen molar-refractivity contribution in [2.75, 3.05) is 0 Å². The van der Waals surface area contributed by atoms with Crippen LogP contribution in [-0.2, 0) is 0 Å². The topological polar surface area (TPSA) is 31.6 Å². The molecule has 0 aliphatic heterocycles. The van der Waals surface area contributed by atoms with Gasteiger partial charge in [-0.25, -0.2) is 4.39 Å². The summed E-state index contributed by atoms with van der Waals surface area (Å²) in [6, 6.07) is 4.68. The van der Waals surface area contributed by atoms with Crippen LogP contribution in [0.4, 0.5) is 4.39 Å². The van der Waals surface area contributed by atoms with Crippen molar-refractivity contribution in [3.05, 3.63) is 24.0 Å². The van der Waals surface area contributed by atoms with Gasteiger partial charge in [0, 0.05) is 11.7 Å². The Hall–Kier alpha value is -0.810. The number of halogens is 1. The number of aromatic nitrogens is 2. The number of hydrogen-bond donors (Lipinski definition) is 2. The molecule has 2 rings (SSSR count). The van der Waals surface area contributed by atoms with Gasteiger partial charge >= 0.3 is 0 Å². The van der Waals surface area contributed by atoms with E-state index in [9.17, 15) is 4.39 Å². The number of fused-ring (bicyclic) bond motifs is 1. The molecule has 2 nitrogen and oxygen atoms in total. The lowest BCUT2D eigenvalue weighted by Crippen LogP contribution is -1.76. The highest BCUT2D eigenvalue weighted by Crippen LogP contribution is 2.15. The Morgan fingerprint density at radius 2 is 2.27 bits per heavy atom. The Labute approximate surface area is 70.4 Å². The molecule has 0 spiro atoms. The number of hydrogen-bond acceptors (Lipinski definition) is 2. The van der Waals surface area contributed by atoms with Gasteiger partial charge in [-0.1, -0.05) is 0 Å². The first kappa shape index (κ1) is 6.87. The molecular weight excluding hydrogens is 183 g/mol. The third kappa shape index (κ3) is 1.29. The fraction of sp³-hybridized carbons (Fsp3) is 0. The largest absolute Gasteiger partial charge is 0.295 e. The molecular formula is C6H5FN2S2. The van der Waals surface area contributed by atoms with Crippen molar-refractivity contribution in [2.24, 2.45) is 0 Å². The van der Waals surface area contributed by atoms with Crippen molar-refractivity contribution in [3.63, 3.8) is 0 Å². The molecule has 5 heteroatoms. The molecule has 0 aliphatic rings. The predicted octanol–water partition coefficient (Wildman–Crippen LogP) is 2.88.